The number of aliphatic hydroxyl groups is 3. The van der Waals surface area contributed by atoms with E-state index in [1.165, 1.54) is 38.5 Å². The quantitative estimate of drug-likeness (QED) is 0.345. The van der Waals surface area contributed by atoms with Gasteiger partial charge in [0.15, 0.2) is 6.29 Å². The Labute approximate surface area is 231 Å². The van der Waals surface area contributed by atoms with Crippen LogP contribution < -0.4 is 0 Å². The number of rotatable bonds is 7. The molecule has 0 aromatic carbocycles. The van der Waals surface area contributed by atoms with Gasteiger partial charge in [0.1, 0.15) is 18.3 Å². The predicted molar refractivity (Wildman–Crippen MR) is 150 cm³/mol. The first-order valence-corrected chi connectivity index (χ1v) is 16.0. The van der Waals surface area contributed by atoms with E-state index in [-0.39, 0.29) is 12.7 Å². The molecule has 13 unspecified atom stereocenters. The molecule has 5 rings (SSSR count). The topological polar surface area (TPSA) is 79.2 Å². The summed E-state index contributed by atoms with van der Waals surface area (Å²) in [5.41, 5.74) is 2.60. The second-order valence-corrected chi connectivity index (χ2v) is 15.0. The van der Waals surface area contributed by atoms with Crippen LogP contribution in [0.3, 0.4) is 0 Å². The molecule has 218 valence electrons. The summed E-state index contributed by atoms with van der Waals surface area (Å²) >= 11 is 0. The highest BCUT2D eigenvalue weighted by molar-refractivity contribution is 5.27. The van der Waals surface area contributed by atoms with E-state index in [2.05, 4.69) is 47.6 Å². The second kappa shape index (κ2) is 11.1. The van der Waals surface area contributed by atoms with Crippen molar-refractivity contribution in [1.29, 1.82) is 0 Å². The minimum atomic E-state index is -1.21. The summed E-state index contributed by atoms with van der Waals surface area (Å²) in [7, 11) is 0. The van der Waals surface area contributed by atoms with E-state index in [1.807, 2.05) is 5.57 Å². The van der Waals surface area contributed by atoms with E-state index in [1.54, 1.807) is 0 Å². The number of allylic oxidation sites excluding steroid dienone is 2. The monoisotopic (exact) mass is 532 g/mol. The van der Waals surface area contributed by atoms with E-state index in [9.17, 15) is 15.3 Å². The first kappa shape index (κ1) is 29.0. The average Bonchev–Trinajstić information content (AvgIpc) is 3.24. The zero-order chi connectivity index (χ0) is 27.4. The fourth-order valence-electron chi connectivity index (χ4n) is 9.72. The molecule has 3 saturated carbocycles. The van der Waals surface area contributed by atoms with Crippen molar-refractivity contribution in [1.82, 2.24) is 0 Å². The molecule has 4 fully saturated rings. The second-order valence-electron chi connectivity index (χ2n) is 15.0. The standard InChI is InChI=1S/C33H56O5/c1-19(2)20(3)7-8-21(4)25-11-12-26-24-10-9-22-17-23(38-31-30(36)29(35)28(34)18-37-31)13-15-32(22,5)27(24)14-16-33(25,26)6/h10,19-23,25-31,34-36H,7-9,11-18H2,1-6H3. The molecule has 1 heterocycles. The summed E-state index contributed by atoms with van der Waals surface area (Å²) < 4.78 is 11.8. The lowest BCUT2D eigenvalue weighted by atomic mass is 9.47. The lowest BCUT2D eigenvalue weighted by Crippen LogP contribution is -2.55. The molecule has 4 aliphatic carbocycles. The van der Waals surface area contributed by atoms with Gasteiger partial charge in [0.25, 0.3) is 0 Å². The lowest BCUT2D eigenvalue weighted by Gasteiger charge is -2.58. The fraction of sp³-hybridized carbons (Fsp3) is 0.939. The van der Waals surface area contributed by atoms with Gasteiger partial charge in [0.05, 0.1) is 12.7 Å². The summed E-state index contributed by atoms with van der Waals surface area (Å²) in [4.78, 5) is 0. The van der Waals surface area contributed by atoms with Crippen LogP contribution in [0.25, 0.3) is 0 Å². The summed E-state index contributed by atoms with van der Waals surface area (Å²) in [6, 6.07) is 0. The third-order valence-corrected chi connectivity index (χ3v) is 12.8. The smallest absolute Gasteiger partial charge is 0.186 e. The molecule has 0 bridgehead atoms. The van der Waals surface area contributed by atoms with Gasteiger partial charge in [-0.3, -0.25) is 0 Å². The van der Waals surface area contributed by atoms with Crippen molar-refractivity contribution in [3.8, 4) is 0 Å². The zero-order valence-corrected chi connectivity index (χ0v) is 24.9. The van der Waals surface area contributed by atoms with E-state index >= 15 is 0 Å². The Hall–Kier alpha value is -0.460. The van der Waals surface area contributed by atoms with Crippen molar-refractivity contribution >= 4 is 0 Å². The number of aliphatic hydroxyl groups excluding tert-OH is 3. The molecular weight excluding hydrogens is 476 g/mol. The number of fused-ring (bicyclic) bond motifs is 5. The van der Waals surface area contributed by atoms with Gasteiger partial charge >= 0.3 is 0 Å². The van der Waals surface area contributed by atoms with Gasteiger partial charge in [-0.1, -0.05) is 66.0 Å². The number of hydrogen-bond acceptors (Lipinski definition) is 5. The third-order valence-electron chi connectivity index (χ3n) is 12.8. The van der Waals surface area contributed by atoms with Crippen molar-refractivity contribution in [2.24, 2.45) is 52.3 Å². The largest absolute Gasteiger partial charge is 0.388 e. The fourth-order valence-corrected chi connectivity index (χ4v) is 9.72. The van der Waals surface area contributed by atoms with Crippen LogP contribution in [0.1, 0.15) is 106 Å². The van der Waals surface area contributed by atoms with Crippen LogP contribution in [0, 0.1) is 52.3 Å². The molecule has 5 nitrogen and oxygen atoms in total. The maximum absolute atomic E-state index is 10.4. The Balaban J connectivity index is 1.24. The maximum Gasteiger partial charge on any atom is 0.186 e. The van der Waals surface area contributed by atoms with Gasteiger partial charge in [-0.15, -0.1) is 0 Å². The molecule has 0 aromatic rings. The number of hydrogen-bond donors (Lipinski definition) is 3. The molecular formula is C33H56O5. The minimum absolute atomic E-state index is 0.00144. The van der Waals surface area contributed by atoms with Gasteiger partial charge < -0.3 is 24.8 Å². The Morgan fingerprint density at radius 1 is 0.921 bits per heavy atom. The Morgan fingerprint density at radius 3 is 2.37 bits per heavy atom. The molecule has 13 atom stereocenters. The van der Waals surface area contributed by atoms with Gasteiger partial charge in [0.2, 0.25) is 0 Å². The molecule has 0 aromatic heterocycles. The van der Waals surface area contributed by atoms with Crippen LogP contribution in [0.5, 0.6) is 0 Å². The van der Waals surface area contributed by atoms with Crippen molar-refractivity contribution < 1.29 is 24.8 Å². The highest BCUT2D eigenvalue weighted by atomic mass is 16.7. The summed E-state index contributed by atoms with van der Waals surface area (Å²) in [5, 5.41) is 30.2. The van der Waals surface area contributed by atoms with Crippen LogP contribution in [0.2, 0.25) is 0 Å². The van der Waals surface area contributed by atoms with Crippen molar-refractivity contribution in [3.05, 3.63) is 11.6 Å². The average molecular weight is 533 g/mol. The normalized spacial score (nSPS) is 48.6. The van der Waals surface area contributed by atoms with Crippen LogP contribution in [0.4, 0.5) is 0 Å². The summed E-state index contributed by atoms with van der Waals surface area (Å²) in [6.07, 6.45) is 10.8. The Morgan fingerprint density at radius 2 is 1.63 bits per heavy atom. The van der Waals surface area contributed by atoms with Crippen LogP contribution in [-0.4, -0.2) is 52.6 Å². The Bertz CT molecular complexity index is 856. The molecule has 38 heavy (non-hydrogen) atoms. The highest BCUT2D eigenvalue weighted by Gasteiger charge is 2.58. The predicted octanol–water partition coefficient (Wildman–Crippen LogP) is 6.10. The van der Waals surface area contributed by atoms with E-state index in [0.29, 0.717) is 22.7 Å². The van der Waals surface area contributed by atoms with Crippen molar-refractivity contribution in [3.63, 3.8) is 0 Å². The molecule has 1 aliphatic heterocycles. The van der Waals surface area contributed by atoms with Gasteiger partial charge in [-0.25, -0.2) is 0 Å². The van der Waals surface area contributed by atoms with E-state index in [0.717, 1.165) is 55.3 Å². The van der Waals surface area contributed by atoms with Crippen LogP contribution >= 0.6 is 0 Å². The van der Waals surface area contributed by atoms with Crippen molar-refractivity contribution in [2.45, 2.75) is 136 Å². The Kier molecular flexibility index (Phi) is 8.47. The van der Waals surface area contributed by atoms with Crippen LogP contribution in [-0.2, 0) is 9.47 Å². The highest BCUT2D eigenvalue weighted by Crippen LogP contribution is 2.67. The number of ether oxygens (including phenoxy) is 2. The molecule has 0 radical (unpaired) electrons. The molecule has 5 heteroatoms. The molecule has 5 aliphatic rings. The zero-order valence-electron chi connectivity index (χ0n) is 24.9. The van der Waals surface area contributed by atoms with Gasteiger partial charge in [0, 0.05) is 0 Å². The molecule has 3 N–H and O–H groups in total. The van der Waals surface area contributed by atoms with Crippen molar-refractivity contribution in [2.75, 3.05) is 6.61 Å². The first-order chi connectivity index (χ1) is 18.0. The summed E-state index contributed by atoms with van der Waals surface area (Å²) in [5.74, 6) is 5.33. The van der Waals surface area contributed by atoms with Gasteiger partial charge in [-0.2, -0.15) is 0 Å². The minimum Gasteiger partial charge on any atom is -0.388 e. The molecule has 0 amide bonds. The maximum atomic E-state index is 10.4. The molecule has 0 spiro atoms. The van der Waals surface area contributed by atoms with E-state index < -0.39 is 24.6 Å². The molecule has 1 saturated heterocycles. The summed E-state index contributed by atoms with van der Waals surface area (Å²) in [6.45, 7) is 14.9. The lowest BCUT2D eigenvalue weighted by molar-refractivity contribution is -0.288. The first-order valence-electron chi connectivity index (χ1n) is 16.0. The van der Waals surface area contributed by atoms with Crippen LogP contribution in [0.15, 0.2) is 11.6 Å². The van der Waals surface area contributed by atoms with E-state index in [4.69, 9.17) is 9.47 Å². The SMILES string of the molecule is CC(C)C(C)CCC(C)C1CCC2C3=CCC4CC(OC5OCC(O)C(O)C5O)CCC4(C)C3CCC21C. The van der Waals surface area contributed by atoms with Gasteiger partial charge in [-0.05, 0) is 104 Å². The third kappa shape index (κ3) is 5.06.